The highest BCUT2D eigenvalue weighted by Gasteiger charge is 2.33. The molecule has 1 aliphatic carbocycles. The smallest absolute Gasteiger partial charge is 0.244 e. The van der Waals surface area contributed by atoms with Crippen LogP contribution in [0.2, 0.25) is 0 Å². The first-order valence-corrected chi connectivity index (χ1v) is 14.6. The van der Waals surface area contributed by atoms with Gasteiger partial charge in [-0.05, 0) is 50.8 Å². The summed E-state index contributed by atoms with van der Waals surface area (Å²) in [4.78, 5) is 40.5. The number of benzene rings is 2. The van der Waals surface area contributed by atoms with Gasteiger partial charge in [-0.2, -0.15) is 0 Å². The van der Waals surface area contributed by atoms with Gasteiger partial charge in [-0.3, -0.25) is 18.7 Å². The maximum Gasteiger partial charge on any atom is 0.244 e. The molecule has 2 aromatic rings. The first kappa shape index (κ1) is 28.4. The van der Waals surface area contributed by atoms with Crippen molar-refractivity contribution in [1.29, 1.82) is 0 Å². The molecule has 0 radical (unpaired) electrons. The monoisotopic (exact) mass is 527 g/mol. The Morgan fingerprint density at radius 3 is 2.27 bits per heavy atom. The Balaban J connectivity index is 1.94. The number of sulfonamides is 1. The fourth-order valence-corrected chi connectivity index (χ4v) is 5.51. The molecule has 2 amide bonds. The van der Waals surface area contributed by atoms with E-state index in [2.05, 4.69) is 5.32 Å². The van der Waals surface area contributed by atoms with E-state index in [1.165, 1.54) is 17.9 Å². The minimum Gasteiger partial charge on any atom is -0.352 e. The van der Waals surface area contributed by atoms with Crippen LogP contribution in [0.15, 0.2) is 48.5 Å². The standard InChI is InChI=1S/C28H37N3O5S/c1-5-26(28(34)29-24-10-6-7-11-24)30(18-22-15-13-20(2)14-16-22)27(33)19-31(37(4,35)36)25-12-8-9-23(17-25)21(3)32/h8-9,12-17,24,26H,5-7,10-11,18-19H2,1-4H3,(H,29,34)/t26-/m1/s1. The fraction of sp³-hybridized carbons (Fsp3) is 0.464. The van der Waals surface area contributed by atoms with Crippen molar-refractivity contribution in [3.8, 4) is 0 Å². The SMILES string of the molecule is CC[C@H](C(=O)NC1CCCC1)N(Cc1ccc(C)cc1)C(=O)CN(c1cccc(C(C)=O)c1)S(C)(=O)=O. The third kappa shape index (κ3) is 7.64. The molecule has 1 fully saturated rings. The molecule has 0 heterocycles. The molecule has 0 aliphatic heterocycles. The number of nitrogens with zero attached hydrogens (tertiary/aromatic N) is 2. The van der Waals surface area contributed by atoms with Crippen LogP contribution >= 0.6 is 0 Å². The Morgan fingerprint density at radius 2 is 1.70 bits per heavy atom. The lowest BCUT2D eigenvalue weighted by molar-refractivity contribution is -0.140. The topological polar surface area (TPSA) is 104 Å². The fourth-order valence-electron chi connectivity index (χ4n) is 4.67. The van der Waals surface area contributed by atoms with Crippen LogP contribution in [0, 0.1) is 6.92 Å². The molecule has 0 unspecified atom stereocenters. The summed E-state index contributed by atoms with van der Waals surface area (Å²) in [5, 5.41) is 3.09. The Morgan fingerprint density at radius 1 is 1.05 bits per heavy atom. The van der Waals surface area contributed by atoms with E-state index in [9.17, 15) is 22.8 Å². The number of Topliss-reactive ketones (excluding diaryl/α,β-unsaturated/α-hetero) is 1. The van der Waals surface area contributed by atoms with Gasteiger partial charge in [0.05, 0.1) is 11.9 Å². The average molecular weight is 528 g/mol. The van der Waals surface area contributed by atoms with E-state index in [1.54, 1.807) is 18.2 Å². The van der Waals surface area contributed by atoms with E-state index in [1.807, 2.05) is 38.1 Å². The number of nitrogens with one attached hydrogen (secondary N) is 1. The number of hydrogen-bond acceptors (Lipinski definition) is 5. The molecular weight excluding hydrogens is 490 g/mol. The van der Waals surface area contributed by atoms with Crippen molar-refractivity contribution >= 4 is 33.3 Å². The number of carbonyl (C=O) groups is 3. The molecule has 200 valence electrons. The third-order valence-corrected chi connectivity index (χ3v) is 7.92. The molecule has 8 nitrogen and oxygen atoms in total. The number of hydrogen-bond donors (Lipinski definition) is 1. The largest absolute Gasteiger partial charge is 0.352 e. The molecule has 1 N–H and O–H groups in total. The van der Waals surface area contributed by atoms with Gasteiger partial charge >= 0.3 is 0 Å². The van der Waals surface area contributed by atoms with Gasteiger partial charge in [0, 0.05) is 18.2 Å². The van der Waals surface area contributed by atoms with Crippen molar-refractivity contribution in [3.05, 3.63) is 65.2 Å². The van der Waals surface area contributed by atoms with Gasteiger partial charge in [0.15, 0.2) is 5.78 Å². The summed E-state index contributed by atoms with van der Waals surface area (Å²) >= 11 is 0. The number of anilines is 1. The predicted molar refractivity (Wildman–Crippen MR) is 145 cm³/mol. The highest BCUT2D eigenvalue weighted by molar-refractivity contribution is 7.92. The maximum atomic E-state index is 13.8. The van der Waals surface area contributed by atoms with Crippen LogP contribution < -0.4 is 9.62 Å². The summed E-state index contributed by atoms with van der Waals surface area (Å²) in [6.07, 6.45) is 5.38. The first-order chi connectivity index (χ1) is 17.5. The molecule has 1 atom stereocenters. The first-order valence-electron chi connectivity index (χ1n) is 12.7. The van der Waals surface area contributed by atoms with Crippen LogP contribution in [0.5, 0.6) is 0 Å². The number of carbonyl (C=O) groups excluding carboxylic acids is 3. The van der Waals surface area contributed by atoms with Crippen LogP contribution in [0.3, 0.4) is 0 Å². The molecule has 0 spiro atoms. The summed E-state index contributed by atoms with van der Waals surface area (Å²) in [7, 11) is -3.86. The highest BCUT2D eigenvalue weighted by atomic mass is 32.2. The van der Waals surface area contributed by atoms with Crippen molar-refractivity contribution in [2.45, 2.75) is 71.5 Å². The number of rotatable bonds is 11. The van der Waals surface area contributed by atoms with Crippen molar-refractivity contribution in [1.82, 2.24) is 10.2 Å². The lowest BCUT2D eigenvalue weighted by Crippen LogP contribution is -2.53. The van der Waals surface area contributed by atoms with Crippen molar-refractivity contribution < 1.29 is 22.8 Å². The van der Waals surface area contributed by atoms with Crippen LogP contribution in [0.4, 0.5) is 5.69 Å². The number of amides is 2. The quantitative estimate of drug-likeness (QED) is 0.448. The Hall–Kier alpha value is -3.20. The molecule has 0 saturated heterocycles. The summed E-state index contributed by atoms with van der Waals surface area (Å²) in [6.45, 7) is 4.89. The van der Waals surface area contributed by atoms with Gasteiger partial charge in [0.1, 0.15) is 12.6 Å². The van der Waals surface area contributed by atoms with Crippen molar-refractivity contribution in [3.63, 3.8) is 0 Å². The van der Waals surface area contributed by atoms with Gasteiger partial charge < -0.3 is 10.2 Å². The van der Waals surface area contributed by atoms with E-state index in [4.69, 9.17) is 0 Å². The van der Waals surface area contributed by atoms with Crippen molar-refractivity contribution in [2.24, 2.45) is 0 Å². The maximum absolute atomic E-state index is 13.8. The number of ketones is 1. The van der Waals surface area contributed by atoms with Crippen LogP contribution in [-0.2, 0) is 26.2 Å². The summed E-state index contributed by atoms with van der Waals surface area (Å²) in [5.74, 6) is -0.927. The van der Waals surface area contributed by atoms with E-state index in [0.717, 1.165) is 47.4 Å². The second-order valence-corrected chi connectivity index (χ2v) is 11.7. The molecule has 37 heavy (non-hydrogen) atoms. The van der Waals surface area contributed by atoms with E-state index < -0.39 is 28.5 Å². The minimum absolute atomic E-state index is 0.0970. The molecule has 1 saturated carbocycles. The van der Waals surface area contributed by atoms with Crippen LogP contribution in [0.1, 0.15) is 67.4 Å². The van der Waals surface area contributed by atoms with Crippen LogP contribution in [0.25, 0.3) is 0 Å². The predicted octanol–water partition coefficient (Wildman–Crippen LogP) is 3.83. The average Bonchev–Trinajstić information content (AvgIpc) is 3.35. The molecule has 1 aliphatic rings. The van der Waals surface area contributed by atoms with E-state index in [-0.39, 0.29) is 30.0 Å². The molecule has 9 heteroatoms. The molecule has 0 bridgehead atoms. The number of aryl methyl sites for hydroxylation is 1. The van der Waals surface area contributed by atoms with Gasteiger partial charge in [-0.1, -0.05) is 61.7 Å². The zero-order valence-electron chi connectivity index (χ0n) is 22.1. The zero-order valence-corrected chi connectivity index (χ0v) is 22.9. The molecule has 3 rings (SSSR count). The Labute approximate surface area is 220 Å². The minimum atomic E-state index is -3.86. The normalized spacial score (nSPS) is 14.7. The van der Waals surface area contributed by atoms with Crippen molar-refractivity contribution in [2.75, 3.05) is 17.1 Å². The Kier molecular flexibility index (Phi) is 9.48. The van der Waals surface area contributed by atoms with E-state index in [0.29, 0.717) is 12.0 Å². The second kappa shape index (κ2) is 12.4. The lowest BCUT2D eigenvalue weighted by Gasteiger charge is -2.33. The summed E-state index contributed by atoms with van der Waals surface area (Å²) in [6, 6.07) is 13.2. The molecule has 2 aromatic carbocycles. The van der Waals surface area contributed by atoms with Gasteiger partial charge in [0.25, 0.3) is 0 Å². The van der Waals surface area contributed by atoms with Crippen LogP contribution in [-0.4, -0.2) is 55.8 Å². The van der Waals surface area contributed by atoms with E-state index >= 15 is 0 Å². The second-order valence-electron chi connectivity index (χ2n) is 9.80. The van der Waals surface area contributed by atoms with Gasteiger partial charge in [-0.25, -0.2) is 8.42 Å². The summed E-state index contributed by atoms with van der Waals surface area (Å²) in [5.41, 5.74) is 2.48. The molecular formula is C28H37N3O5S. The third-order valence-electron chi connectivity index (χ3n) is 6.78. The lowest BCUT2D eigenvalue weighted by atomic mass is 10.1. The zero-order chi connectivity index (χ0) is 27.2. The Bertz CT molecular complexity index is 1220. The molecule has 0 aromatic heterocycles. The highest BCUT2D eigenvalue weighted by Crippen LogP contribution is 2.22. The van der Waals surface area contributed by atoms with Gasteiger partial charge in [0.2, 0.25) is 21.8 Å². The summed E-state index contributed by atoms with van der Waals surface area (Å²) < 4.78 is 26.5. The van der Waals surface area contributed by atoms with Gasteiger partial charge in [-0.15, -0.1) is 0 Å².